The Morgan fingerprint density at radius 3 is 2.63 bits per heavy atom. The number of nitrogens with one attached hydrogen (secondary N) is 1. The van der Waals surface area contributed by atoms with E-state index in [1.54, 1.807) is 6.20 Å². The Labute approximate surface area is 121 Å². The summed E-state index contributed by atoms with van der Waals surface area (Å²) in [5.74, 6) is 0.353. The number of amides is 1. The van der Waals surface area contributed by atoms with Gasteiger partial charge in [-0.2, -0.15) is 0 Å². The van der Waals surface area contributed by atoms with Gasteiger partial charge in [-0.1, -0.05) is 30.3 Å². The van der Waals surface area contributed by atoms with E-state index in [2.05, 4.69) is 26.2 Å². The smallest absolute Gasteiger partial charge is 0.232 e. The fraction of sp³-hybridized carbons (Fsp3) is 0.200. The zero-order valence-electron chi connectivity index (χ0n) is 10.9. The zero-order valence-corrected chi connectivity index (χ0v) is 12.4. The molecule has 0 fully saturated rings. The summed E-state index contributed by atoms with van der Waals surface area (Å²) in [4.78, 5) is 16.4. The zero-order chi connectivity index (χ0) is 13.8. The number of benzene rings is 1. The molecule has 4 heteroatoms. The SMILES string of the molecule is Cc1cc(Br)cnc1NC(=O)C(C)c1ccccc1. The average Bonchev–Trinajstić information content (AvgIpc) is 2.42. The highest BCUT2D eigenvalue weighted by Gasteiger charge is 2.16. The molecule has 1 unspecified atom stereocenters. The van der Waals surface area contributed by atoms with Crippen molar-refractivity contribution < 1.29 is 4.79 Å². The van der Waals surface area contributed by atoms with Crippen LogP contribution in [0.5, 0.6) is 0 Å². The number of aromatic nitrogens is 1. The molecule has 1 heterocycles. The molecule has 1 aromatic carbocycles. The third kappa shape index (κ3) is 3.41. The monoisotopic (exact) mass is 318 g/mol. The van der Waals surface area contributed by atoms with E-state index >= 15 is 0 Å². The molecule has 2 aromatic rings. The molecule has 1 amide bonds. The lowest BCUT2D eigenvalue weighted by Crippen LogP contribution is -2.20. The number of nitrogens with zero attached hydrogens (tertiary/aromatic N) is 1. The summed E-state index contributed by atoms with van der Waals surface area (Å²) in [6.07, 6.45) is 1.68. The predicted molar refractivity (Wildman–Crippen MR) is 80.2 cm³/mol. The Morgan fingerprint density at radius 1 is 1.32 bits per heavy atom. The van der Waals surface area contributed by atoms with Crippen LogP contribution in [0.25, 0.3) is 0 Å². The molecule has 0 radical (unpaired) electrons. The first kappa shape index (κ1) is 13.7. The number of rotatable bonds is 3. The van der Waals surface area contributed by atoms with Gasteiger partial charge in [-0.15, -0.1) is 0 Å². The van der Waals surface area contributed by atoms with Crippen LogP contribution in [0.3, 0.4) is 0 Å². The lowest BCUT2D eigenvalue weighted by atomic mass is 10.0. The third-order valence-corrected chi connectivity index (χ3v) is 3.41. The number of carbonyl (C=O) groups is 1. The molecule has 1 aromatic heterocycles. The largest absolute Gasteiger partial charge is 0.310 e. The van der Waals surface area contributed by atoms with Gasteiger partial charge in [-0.25, -0.2) is 4.98 Å². The minimum atomic E-state index is -0.203. The molecule has 0 aliphatic rings. The number of hydrogen-bond acceptors (Lipinski definition) is 2. The maximum atomic E-state index is 12.2. The molecule has 0 aliphatic heterocycles. The second-order valence-electron chi connectivity index (χ2n) is 4.44. The molecule has 3 nitrogen and oxygen atoms in total. The van der Waals surface area contributed by atoms with Gasteiger partial charge in [0.25, 0.3) is 0 Å². The fourth-order valence-corrected chi connectivity index (χ4v) is 2.24. The van der Waals surface area contributed by atoms with E-state index in [0.717, 1.165) is 15.6 Å². The van der Waals surface area contributed by atoms with Crippen molar-refractivity contribution in [3.8, 4) is 0 Å². The van der Waals surface area contributed by atoms with Gasteiger partial charge in [0.2, 0.25) is 5.91 Å². The topological polar surface area (TPSA) is 42.0 Å². The van der Waals surface area contributed by atoms with Crippen LogP contribution in [0, 0.1) is 6.92 Å². The van der Waals surface area contributed by atoms with E-state index in [1.165, 1.54) is 0 Å². The summed E-state index contributed by atoms with van der Waals surface area (Å²) in [6, 6.07) is 11.6. The van der Waals surface area contributed by atoms with Crippen LogP contribution < -0.4 is 5.32 Å². The number of halogens is 1. The van der Waals surface area contributed by atoms with Gasteiger partial charge in [0.15, 0.2) is 0 Å². The van der Waals surface area contributed by atoms with Crippen molar-refractivity contribution in [2.24, 2.45) is 0 Å². The molecule has 0 saturated heterocycles. The van der Waals surface area contributed by atoms with E-state index in [-0.39, 0.29) is 11.8 Å². The molecule has 98 valence electrons. The van der Waals surface area contributed by atoms with Crippen molar-refractivity contribution in [3.05, 3.63) is 58.2 Å². The molecular weight excluding hydrogens is 304 g/mol. The molecule has 0 saturated carbocycles. The summed E-state index contributed by atoms with van der Waals surface area (Å²) >= 11 is 3.35. The van der Waals surface area contributed by atoms with E-state index in [0.29, 0.717) is 5.82 Å². The highest BCUT2D eigenvalue weighted by atomic mass is 79.9. The summed E-state index contributed by atoms with van der Waals surface area (Å²) in [5, 5.41) is 2.86. The van der Waals surface area contributed by atoms with Crippen molar-refractivity contribution in [1.29, 1.82) is 0 Å². The molecular formula is C15H15BrN2O. The second-order valence-corrected chi connectivity index (χ2v) is 5.36. The minimum absolute atomic E-state index is 0.0517. The number of pyridine rings is 1. The van der Waals surface area contributed by atoms with Crippen LogP contribution >= 0.6 is 15.9 Å². The maximum Gasteiger partial charge on any atom is 0.232 e. The summed E-state index contributed by atoms with van der Waals surface area (Å²) in [5.41, 5.74) is 1.93. The summed E-state index contributed by atoms with van der Waals surface area (Å²) in [6.45, 7) is 3.80. The highest BCUT2D eigenvalue weighted by molar-refractivity contribution is 9.10. The van der Waals surface area contributed by atoms with Gasteiger partial charge in [0, 0.05) is 10.7 Å². The van der Waals surface area contributed by atoms with Crippen molar-refractivity contribution in [2.45, 2.75) is 19.8 Å². The number of anilines is 1. The standard InChI is InChI=1S/C15H15BrN2O/c1-10-8-13(16)9-17-14(10)18-15(19)11(2)12-6-4-3-5-7-12/h3-9,11H,1-2H3,(H,17,18,19). The minimum Gasteiger partial charge on any atom is -0.310 e. The van der Waals surface area contributed by atoms with Crippen LogP contribution in [-0.4, -0.2) is 10.9 Å². The van der Waals surface area contributed by atoms with Crippen LogP contribution in [0.15, 0.2) is 47.1 Å². The normalized spacial score (nSPS) is 11.9. The van der Waals surface area contributed by atoms with Crippen molar-refractivity contribution in [3.63, 3.8) is 0 Å². The molecule has 0 aliphatic carbocycles. The van der Waals surface area contributed by atoms with Gasteiger partial charge < -0.3 is 5.32 Å². The lowest BCUT2D eigenvalue weighted by Gasteiger charge is -2.13. The Hall–Kier alpha value is -1.68. The Balaban J connectivity index is 2.13. The first-order valence-corrected chi connectivity index (χ1v) is 6.85. The van der Waals surface area contributed by atoms with E-state index in [4.69, 9.17) is 0 Å². The average molecular weight is 319 g/mol. The molecule has 0 bridgehead atoms. The Morgan fingerprint density at radius 2 is 2.00 bits per heavy atom. The lowest BCUT2D eigenvalue weighted by molar-refractivity contribution is -0.117. The second kappa shape index (κ2) is 5.97. The summed E-state index contributed by atoms with van der Waals surface area (Å²) < 4.78 is 0.902. The van der Waals surface area contributed by atoms with Crippen molar-refractivity contribution in [1.82, 2.24) is 4.98 Å². The molecule has 0 spiro atoms. The third-order valence-electron chi connectivity index (χ3n) is 2.98. The summed E-state index contributed by atoms with van der Waals surface area (Å²) in [7, 11) is 0. The van der Waals surface area contributed by atoms with E-state index in [9.17, 15) is 4.79 Å². The molecule has 1 atom stereocenters. The van der Waals surface area contributed by atoms with Gasteiger partial charge in [-0.3, -0.25) is 4.79 Å². The number of carbonyl (C=O) groups excluding carboxylic acids is 1. The Bertz CT molecular complexity index is 584. The molecule has 1 N–H and O–H groups in total. The van der Waals surface area contributed by atoms with E-state index < -0.39 is 0 Å². The fourth-order valence-electron chi connectivity index (χ4n) is 1.79. The van der Waals surface area contributed by atoms with Gasteiger partial charge in [-0.05, 0) is 47.0 Å². The van der Waals surface area contributed by atoms with Crippen molar-refractivity contribution in [2.75, 3.05) is 5.32 Å². The Kier molecular flexibility index (Phi) is 4.32. The van der Waals surface area contributed by atoms with Crippen molar-refractivity contribution >= 4 is 27.7 Å². The predicted octanol–water partition coefficient (Wildman–Crippen LogP) is 3.89. The van der Waals surface area contributed by atoms with Crippen LogP contribution in [-0.2, 0) is 4.79 Å². The van der Waals surface area contributed by atoms with Gasteiger partial charge in [0.05, 0.1) is 5.92 Å². The number of aryl methyl sites for hydroxylation is 1. The first-order chi connectivity index (χ1) is 9.08. The highest BCUT2D eigenvalue weighted by Crippen LogP contribution is 2.20. The van der Waals surface area contributed by atoms with Gasteiger partial charge in [0.1, 0.15) is 5.82 Å². The van der Waals surface area contributed by atoms with E-state index in [1.807, 2.05) is 50.2 Å². The molecule has 19 heavy (non-hydrogen) atoms. The number of hydrogen-bond donors (Lipinski definition) is 1. The first-order valence-electron chi connectivity index (χ1n) is 6.06. The van der Waals surface area contributed by atoms with Crippen LogP contribution in [0.1, 0.15) is 24.0 Å². The maximum absolute atomic E-state index is 12.2. The van der Waals surface area contributed by atoms with Gasteiger partial charge >= 0.3 is 0 Å². The van der Waals surface area contributed by atoms with Crippen LogP contribution in [0.4, 0.5) is 5.82 Å². The quantitative estimate of drug-likeness (QED) is 0.932. The van der Waals surface area contributed by atoms with Crippen LogP contribution in [0.2, 0.25) is 0 Å². The molecule has 2 rings (SSSR count).